The van der Waals surface area contributed by atoms with Crippen LogP contribution in [0.5, 0.6) is 11.5 Å². The highest BCUT2D eigenvalue weighted by Crippen LogP contribution is 2.35. The van der Waals surface area contributed by atoms with Crippen molar-refractivity contribution in [2.45, 2.75) is 0 Å². The minimum atomic E-state index is -0.361. The van der Waals surface area contributed by atoms with Crippen molar-refractivity contribution < 1.29 is 14.3 Å². The number of hydrogen-bond donors (Lipinski definition) is 0. The molecule has 0 saturated heterocycles. The van der Waals surface area contributed by atoms with E-state index in [0.717, 1.165) is 16.0 Å². The molecule has 0 N–H and O–H groups in total. The number of carbonyl (C=O) groups excluding carboxylic acids is 1. The van der Waals surface area contributed by atoms with Crippen molar-refractivity contribution in [3.05, 3.63) is 51.8 Å². The quantitative estimate of drug-likeness (QED) is 0.668. The van der Waals surface area contributed by atoms with Crippen LogP contribution in [0.15, 0.2) is 41.4 Å². The molecule has 1 amide bonds. The Kier molecular flexibility index (Phi) is 3.78. The molecule has 0 bridgehead atoms. The number of hydrogen-bond acceptors (Lipinski definition) is 4. The highest BCUT2D eigenvalue weighted by molar-refractivity contribution is 7.16. The van der Waals surface area contributed by atoms with E-state index in [2.05, 4.69) is 4.99 Å². The molecule has 3 aromatic rings. The molecular formula is C17H13ClN2O3S. The monoisotopic (exact) mass is 360 g/mol. The third-order valence-electron chi connectivity index (χ3n) is 3.77. The molecule has 0 unspecified atom stereocenters. The molecule has 0 fully saturated rings. The van der Waals surface area contributed by atoms with Crippen LogP contribution in [0, 0.1) is 0 Å². The Morgan fingerprint density at radius 3 is 2.67 bits per heavy atom. The molecule has 1 aromatic heterocycles. The molecular weight excluding hydrogens is 348 g/mol. The number of fused-ring (bicyclic) bond motifs is 2. The molecule has 2 aromatic carbocycles. The smallest absolute Gasteiger partial charge is 0.281 e. The molecule has 7 heteroatoms. The van der Waals surface area contributed by atoms with E-state index in [4.69, 9.17) is 21.1 Å². The molecule has 0 aliphatic carbocycles. The predicted octanol–water partition coefficient (Wildman–Crippen LogP) is 3.41. The van der Waals surface area contributed by atoms with Gasteiger partial charge in [-0.05, 0) is 12.1 Å². The maximum atomic E-state index is 12.4. The van der Waals surface area contributed by atoms with Crippen LogP contribution >= 0.6 is 22.9 Å². The van der Waals surface area contributed by atoms with Crippen molar-refractivity contribution in [3.63, 3.8) is 0 Å². The lowest BCUT2D eigenvalue weighted by Gasteiger charge is -2.18. The highest BCUT2D eigenvalue weighted by Gasteiger charge is 2.16. The third kappa shape index (κ3) is 2.57. The minimum absolute atomic E-state index is 0.361. The second-order valence-electron chi connectivity index (χ2n) is 5.30. The fraction of sp³-hybridized carbons (Fsp3) is 0.176. The fourth-order valence-corrected chi connectivity index (χ4v) is 3.80. The summed E-state index contributed by atoms with van der Waals surface area (Å²) in [5.74, 6) is 1.07. The summed E-state index contributed by atoms with van der Waals surface area (Å²) < 4.78 is 14.1. The third-order valence-corrected chi connectivity index (χ3v) is 5.20. The predicted molar refractivity (Wildman–Crippen MR) is 93.1 cm³/mol. The van der Waals surface area contributed by atoms with E-state index in [0.29, 0.717) is 34.4 Å². The molecule has 1 aliphatic heterocycles. The summed E-state index contributed by atoms with van der Waals surface area (Å²) in [6, 6.07) is 10.7. The lowest BCUT2D eigenvalue weighted by Crippen LogP contribution is -2.15. The first-order valence-corrected chi connectivity index (χ1v) is 8.56. The van der Waals surface area contributed by atoms with E-state index in [-0.39, 0.29) is 5.91 Å². The van der Waals surface area contributed by atoms with Crippen LogP contribution < -0.4 is 14.3 Å². The lowest BCUT2D eigenvalue weighted by molar-refractivity contribution is 0.0998. The number of aromatic nitrogens is 1. The number of aryl methyl sites for hydroxylation is 1. The highest BCUT2D eigenvalue weighted by atomic mass is 35.5. The van der Waals surface area contributed by atoms with Gasteiger partial charge in [0.05, 0.1) is 20.8 Å². The van der Waals surface area contributed by atoms with Crippen LogP contribution in [0.3, 0.4) is 0 Å². The standard InChI is InChI=1S/C17H13ClN2O3S/c1-20-12-8-13-14(23-7-6-22-13)9-15(12)24-17(20)19-16(21)10-4-2-3-5-11(10)18/h2-5,8-9H,6-7H2,1H3. The average Bonchev–Trinajstić information content (AvgIpc) is 2.88. The van der Waals surface area contributed by atoms with Gasteiger partial charge in [-0.1, -0.05) is 35.1 Å². The minimum Gasteiger partial charge on any atom is -0.486 e. The Bertz CT molecular complexity index is 1020. The van der Waals surface area contributed by atoms with Gasteiger partial charge in [-0.3, -0.25) is 4.79 Å². The van der Waals surface area contributed by atoms with Crippen LogP contribution in [0.2, 0.25) is 5.02 Å². The van der Waals surface area contributed by atoms with E-state index in [1.54, 1.807) is 24.3 Å². The van der Waals surface area contributed by atoms with Crippen molar-refractivity contribution in [2.24, 2.45) is 12.0 Å². The number of carbonyl (C=O) groups is 1. The van der Waals surface area contributed by atoms with Crippen molar-refractivity contribution in [2.75, 3.05) is 13.2 Å². The first-order chi connectivity index (χ1) is 11.6. The summed E-state index contributed by atoms with van der Waals surface area (Å²) in [5.41, 5.74) is 1.33. The molecule has 0 spiro atoms. The zero-order valence-corrected chi connectivity index (χ0v) is 14.4. The molecule has 24 heavy (non-hydrogen) atoms. The summed E-state index contributed by atoms with van der Waals surface area (Å²) in [6.07, 6.45) is 0. The van der Waals surface area contributed by atoms with Gasteiger partial charge in [0.2, 0.25) is 0 Å². The SMILES string of the molecule is Cn1c(=NC(=O)c2ccccc2Cl)sc2cc3c(cc21)OCCO3. The first-order valence-electron chi connectivity index (χ1n) is 7.36. The normalized spacial score (nSPS) is 14.2. The second kappa shape index (κ2) is 5.96. The van der Waals surface area contributed by atoms with E-state index in [1.807, 2.05) is 23.7 Å². The van der Waals surface area contributed by atoms with Crippen molar-refractivity contribution in [1.29, 1.82) is 0 Å². The average molecular weight is 361 g/mol. The summed E-state index contributed by atoms with van der Waals surface area (Å²) >= 11 is 7.50. The molecule has 1 aliphatic rings. The number of benzene rings is 2. The summed E-state index contributed by atoms with van der Waals surface area (Å²) in [5, 5.41) is 0.396. The number of ether oxygens (including phenoxy) is 2. The first kappa shape index (κ1) is 15.2. The Labute approximate surface area is 146 Å². The van der Waals surface area contributed by atoms with Gasteiger partial charge < -0.3 is 14.0 Å². The largest absolute Gasteiger partial charge is 0.486 e. The Hall–Kier alpha value is -2.31. The van der Waals surface area contributed by atoms with Gasteiger partial charge in [-0.15, -0.1) is 0 Å². The zero-order chi connectivity index (χ0) is 16.7. The number of halogens is 1. The topological polar surface area (TPSA) is 52.8 Å². The Morgan fingerprint density at radius 1 is 1.21 bits per heavy atom. The molecule has 122 valence electrons. The van der Waals surface area contributed by atoms with Crippen LogP contribution in [0.4, 0.5) is 0 Å². The summed E-state index contributed by atoms with van der Waals surface area (Å²) in [6.45, 7) is 1.08. The van der Waals surface area contributed by atoms with E-state index in [9.17, 15) is 4.79 Å². The molecule has 2 heterocycles. The number of nitrogens with zero attached hydrogens (tertiary/aromatic N) is 2. The summed E-state index contributed by atoms with van der Waals surface area (Å²) in [4.78, 5) is 17.2. The Balaban J connectivity index is 1.83. The molecule has 0 saturated carbocycles. The van der Waals surface area contributed by atoms with E-state index >= 15 is 0 Å². The van der Waals surface area contributed by atoms with Gasteiger partial charge in [0.1, 0.15) is 13.2 Å². The number of rotatable bonds is 1. The second-order valence-corrected chi connectivity index (χ2v) is 6.72. The lowest BCUT2D eigenvalue weighted by atomic mass is 10.2. The van der Waals surface area contributed by atoms with Gasteiger partial charge in [-0.2, -0.15) is 4.99 Å². The molecule has 0 radical (unpaired) electrons. The molecule has 5 nitrogen and oxygen atoms in total. The molecule has 4 rings (SSSR count). The fourth-order valence-electron chi connectivity index (χ4n) is 2.55. The summed E-state index contributed by atoms with van der Waals surface area (Å²) in [7, 11) is 1.87. The number of amides is 1. The van der Waals surface area contributed by atoms with Crippen molar-refractivity contribution in [3.8, 4) is 11.5 Å². The van der Waals surface area contributed by atoms with Crippen LogP contribution in [0.25, 0.3) is 10.2 Å². The van der Waals surface area contributed by atoms with Crippen LogP contribution in [0.1, 0.15) is 10.4 Å². The maximum absolute atomic E-state index is 12.4. The van der Waals surface area contributed by atoms with Crippen molar-refractivity contribution in [1.82, 2.24) is 4.57 Å². The van der Waals surface area contributed by atoms with Crippen LogP contribution in [-0.2, 0) is 7.05 Å². The van der Waals surface area contributed by atoms with E-state index in [1.165, 1.54) is 11.3 Å². The van der Waals surface area contributed by atoms with E-state index < -0.39 is 0 Å². The number of thiazole rings is 1. The van der Waals surface area contributed by atoms with Gasteiger partial charge in [-0.25, -0.2) is 0 Å². The van der Waals surface area contributed by atoms with Gasteiger partial charge in [0.25, 0.3) is 5.91 Å². The van der Waals surface area contributed by atoms with Crippen molar-refractivity contribution >= 4 is 39.1 Å². The van der Waals surface area contributed by atoms with Gasteiger partial charge in [0.15, 0.2) is 16.3 Å². The maximum Gasteiger partial charge on any atom is 0.281 e. The molecule has 0 atom stereocenters. The Morgan fingerprint density at radius 2 is 1.92 bits per heavy atom. The van der Waals surface area contributed by atoms with Crippen LogP contribution in [-0.4, -0.2) is 23.7 Å². The zero-order valence-electron chi connectivity index (χ0n) is 12.8. The van der Waals surface area contributed by atoms with Gasteiger partial charge >= 0.3 is 0 Å². The van der Waals surface area contributed by atoms with Gasteiger partial charge in [0, 0.05) is 19.2 Å².